The first-order chi connectivity index (χ1) is 14.3. The molecule has 2 aliphatic rings. The molecule has 4 heterocycles. The van der Waals surface area contributed by atoms with Crippen molar-refractivity contribution in [1.29, 1.82) is 0 Å². The Morgan fingerprint density at radius 3 is 2.68 bits per heavy atom. The quantitative estimate of drug-likeness (QED) is 0.549. The Hall–Kier alpha value is -2.61. The molecule has 2 aromatic rings. The fourth-order valence-electron chi connectivity index (χ4n) is 4.13. The average molecular weight is 445 g/mol. The summed E-state index contributed by atoms with van der Waals surface area (Å²) in [6.07, 6.45) is 9.88. The van der Waals surface area contributed by atoms with Crippen LogP contribution in [-0.4, -0.2) is 43.6 Å². The van der Waals surface area contributed by atoms with E-state index in [1.165, 1.54) is 6.42 Å². The lowest BCUT2D eigenvalue weighted by Gasteiger charge is -2.30. The predicted octanol–water partition coefficient (Wildman–Crippen LogP) is -2.56. The lowest BCUT2D eigenvalue weighted by molar-refractivity contribution is -0.00000729. The van der Waals surface area contributed by atoms with Crippen LogP contribution < -0.4 is 39.2 Å². The number of anilines is 1. The molecule has 1 atom stereocenters. The van der Waals surface area contributed by atoms with Crippen LogP contribution in [0.25, 0.3) is 6.08 Å². The third-order valence-electron chi connectivity index (χ3n) is 5.56. The molecule has 0 saturated carbocycles. The Morgan fingerprint density at radius 2 is 1.97 bits per heavy atom. The van der Waals surface area contributed by atoms with Crippen molar-refractivity contribution < 1.29 is 12.4 Å². The van der Waals surface area contributed by atoms with Crippen LogP contribution in [0.3, 0.4) is 0 Å². The normalized spacial score (nSPS) is 18.3. The summed E-state index contributed by atoms with van der Waals surface area (Å²) in [5.41, 5.74) is 0.764. The molecule has 1 unspecified atom stereocenters. The van der Waals surface area contributed by atoms with Gasteiger partial charge in [-0.15, -0.1) is 0 Å². The average Bonchev–Trinajstić information content (AvgIpc) is 2.96. The predicted molar refractivity (Wildman–Crippen MR) is 117 cm³/mol. The number of piperidine rings is 1. The van der Waals surface area contributed by atoms with E-state index in [0.29, 0.717) is 18.4 Å². The first-order valence-corrected chi connectivity index (χ1v) is 10.6. The molecule has 1 radical (unpaired) electrons. The summed E-state index contributed by atoms with van der Waals surface area (Å²) in [5.74, 6) is 2.10. The Kier molecular flexibility index (Phi) is 6.89. The van der Waals surface area contributed by atoms with E-state index in [4.69, 9.17) is 4.99 Å². The van der Waals surface area contributed by atoms with Crippen LogP contribution in [0.15, 0.2) is 35.2 Å². The number of aromatic nitrogens is 4. The SMILES string of the molecule is Cn1c2c(n(CC(C)(C)C)c1=O)=CC=C(N1CCCC(CNc3ncccn3)C1)[N+]=2.[Cl-]. The molecule has 9 heteroatoms. The van der Waals surface area contributed by atoms with Gasteiger partial charge in [0.15, 0.2) is 0 Å². The Bertz CT molecular complexity index is 1110. The van der Waals surface area contributed by atoms with Gasteiger partial charge in [-0.25, -0.2) is 19.3 Å². The van der Waals surface area contributed by atoms with Gasteiger partial charge in [0.2, 0.25) is 5.95 Å². The highest BCUT2D eigenvalue weighted by atomic mass is 35.5. The standard InChI is InChI=1S/C22H31N7O.ClH/c1-22(2,3)15-29-17-8-9-18(26-19(17)27(4)21(29)30)28-12-5-7-16(14-28)13-25-20-23-10-6-11-24-20;/h6,8-11,16H,5,7,12-15H2,1-4H3,(H,23,24,25);1H/q+1;/p-1. The molecule has 2 aromatic heterocycles. The van der Waals surface area contributed by atoms with Crippen molar-refractivity contribution in [3.8, 4) is 0 Å². The summed E-state index contributed by atoms with van der Waals surface area (Å²) >= 11 is 0. The molecule has 0 amide bonds. The maximum absolute atomic E-state index is 12.8. The van der Waals surface area contributed by atoms with Gasteiger partial charge in [-0.1, -0.05) is 25.8 Å². The number of rotatable bonds is 5. The minimum atomic E-state index is -0.00634. The molecule has 1 saturated heterocycles. The third-order valence-corrected chi connectivity index (χ3v) is 5.56. The summed E-state index contributed by atoms with van der Waals surface area (Å²) in [6, 6.07) is 1.82. The Labute approximate surface area is 188 Å². The van der Waals surface area contributed by atoms with Gasteiger partial charge in [-0.2, -0.15) is 0 Å². The second-order valence-electron chi connectivity index (χ2n) is 9.41. The maximum atomic E-state index is 12.8. The van der Waals surface area contributed by atoms with Gasteiger partial charge in [-0.3, -0.25) is 9.47 Å². The van der Waals surface area contributed by atoms with Crippen molar-refractivity contribution in [3.05, 3.63) is 51.7 Å². The van der Waals surface area contributed by atoms with E-state index in [0.717, 1.165) is 42.7 Å². The molecule has 0 aliphatic carbocycles. The van der Waals surface area contributed by atoms with Gasteiger partial charge < -0.3 is 17.7 Å². The zero-order chi connectivity index (χ0) is 21.3. The van der Waals surface area contributed by atoms with Crippen LogP contribution in [0.2, 0.25) is 0 Å². The van der Waals surface area contributed by atoms with Gasteiger partial charge in [0.05, 0.1) is 20.1 Å². The second kappa shape index (κ2) is 9.26. The van der Waals surface area contributed by atoms with Crippen molar-refractivity contribution in [2.45, 2.75) is 40.2 Å². The highest BCUT2D eigenvalue weighted by Crippen LogP contribution is 2.20. The molecule has 0 bridgehead atoms. The van der Waals surface area contributed by atoms with Gasteiger partial charge >= 0.3 is 5.69 Å². The van der Waals surface area contributed by atoms with E-state index >= 15 is 0 Å². The van der Waals surface area contributed by atoms with Crippen molar-refractivity contribution in [2.24, 2.45) is 18.4 Å². The minimum Gasteiger partial charge on any atom is -1.00 e. The second-order valence-corrected chi connectivity index (χ2v) is 9.41. The highest BCUT2D eigenvalue weighted by Gasteiger charge is 2.28. The van der Waals surface area contributed by atoms with E-state index < -0.39 is 0 Å². The largest absolute Gasteiger partial charge is 1.00 e. The van der Waals surface area contributed by atoms with Crippen LogP contribution >= 0.6 is 0 Å². The fourth-order valence-corrected chi connectivity index (χ4v) is 4.13. The zero-order valence-corrected chi connectivity index (χ0v) is 19.4. The maximum Gasteiger partial charge on any atom is 0.386 e. The topological polar surface area (TPSA) is 82.1 Å². The van der Waals surface area contributed by atoms with Crippen molar-refractivity contribution >= 4 is 12.0 Å². The number of allylic oxidation sites excluding steroid dienone is 1. The van der Waals surface area contributed by atoms with Gasteiger partial charge in [0.25, 0.3) is 11.3 Å². The van der Waals surface area contributed by atoms with Gasteiger partial charge in [0.1, 0.15) is 5.35 Å². The summed E-state index contributed by atoms with van der Waals surface area (Å²) in [6.45, 7) is 9.84. The molecule has 0 aromatic carbocycles. The molecule has 8 nitrogen and oxygen atoms in total. The van der Waals surface area contributed by atoms with Crippen molar-refractivity contribution in [2.75, 3.05) is 25.0 Å². The number of imidazole rings is 1. The first kappa shape index (κ1) is 23.1. The van der Waals surface area contributed by atoms with Crippen LogP contribution in [0.5, 0.6) is 0 Å². The number of nitrogens with one attached hydrogen (secondary N) is 1. The molecule has 167 valence electrons. The smallest absolute Gasteiger partial charge is 0.386 e. The number of hydrogen-bond donors (Lipinski definition) is 1. The van der Waals surface area contributed by atoms with Crippen molar-refractivity contribution in [3.63, 3.8) is 0 Å². The van der Waals surface area contributed by atoms with E-state index in [1.807, 2.05) is 23.8 Å². The Balaban J connectivity index is 0.00000272. The van der Waals surface area contributed by atoms with E-state index in [-0.39, 0.29) is 23.5 Å². The molecule has 4 rings (SSSR count). The van der Waals surface area contributed by atoms with Crippen LogP contribution in [-0.2, 0) is 13.6 Å². The van der Waals surface area contributed by atoms with Crippen LogP contribution in [0.1, 0.15) is 33.6 Å². The Morgan fingerprint density at radius 1 is 1.23 bits per heavy atom. The molecular formula is C22H31ClN7O. The highest BCUT2D eigenvalue weighted by molar-refractivity contribution is 5.38. The molecule has 0 spiro atoms. The number of likely N-dealkylation sites (tertiary alicyclic amines) is 1. The summed E-state index contributed by atoms with van der Waals surface area (Å²) in [4.78, 5) is 28.5. The number of hydrogen-bond acceptors (Lipinski definition) is 6. The summed E-state index contributed by atoms with van der Waals surface area (Å²) in [7, 11) is 1.81. The number of halogens is 1. The van der Waals surface area contributed by atoms with Crippen LogP contribution in [0, 0.1) is 11.3 Å². The molecule has 1 fully saturated rings. The zero-order valence-electron chi connectivity index (χ0n) is 18.7. The summed E-state index contributed by atoms with van der Waals surface area (Å²) in [5, 5.41) is 4.24. The lowest BCUT2D eigenvalue weighted by atomic mass is 9.97. The van der Waals surface area contributed by atoms with Crippen molar-refractivity contribution in [1.82, 2.24) is 29.0 Å². The van der Waals surface area contributed by atoms with Gasteiger partial charge in [0, 0.05) is 37.5 Å². The van der Waals surface area contributed by atoms with E-state index in [1.54, 1.807) is 17.0 Å². The molecule has 2 aliphatic heterocycles. The third kappa shape index (κ3) is 5.18. The fraction of sp³-hybridized carbons (Fsp3) is 0.545. The van der Waals surface area contributed by atoms with Crippen LogP contribution in [0.4, 0.5) is 5.95 Å². The van der Waals surface area contributed by atoms with E-state index in [9.17, 15) is 4.79 Å². The molecule has 31 heavy (non-hydrogen) atoms. The number of nitrogens with zero attached hydrogens (tertiary/aromatic N) is 6. The molecular weight excluding hydrogens is 414 g/mol. The molecule has 1 N–H and O–H groups in total. The lowest BCUT2D eigenvalue weighted by Crippen LogP contribution is -3.00. The van der Waals surface area contributed by atoms with E-state index in [2.05, 4.69) is 47.0 Å². The van der Waals surface area contributed by atoms with Gasteiger partial charge in [-0.05, 0) is 30.4 Å². The first-order valence-electron chi connectivity index (χ1n) is 10.6. The monoisotopic (exact) mass is 444 g/mol. The number of fused-ring (bicyclic) bond motifs is 1. The summed E-state index contributed by atoms with van der Waals surface area (Å²) < 4.78 is 3.51. The minimum absolute atomic E-state index is 0.